The van der Waals surface area contributed by atoms with Crippen LogP contribution in [0.25, 0.3) is 0 Å². The van der Waals surface area contributed by atoms with Crippen molar-refractivity contribution in [3.05, 3.63) is 0 Å². The van der Waals surface area contributed by atoms with Crippen LogP contribution >= 0.6 is 0 Å². The number of hydroxylamine groups is 4. The molecular weight excluding hydrogens is 556 g/mol. The summed E-state index contributed by atoms with van der Waals surface area (Å²) in [4.78, 5) is 37.6. The summed E-state index contributed by atoms with van der Waals surface area (Å²) in [5, 5.41) is 24.7. The fraction of sp³-hybridized carbons (Fsp3) is 0.944. The van der Waals surface area contributed by atoms with Crippen molar-refractivity contribution in [2.45, 2.75) is 175 Å². The number of hydrogen-bond acceptors (Lipinski definition) is 6. The van der Waals surface area contributed by atoms with Crippen molar-refractivity contribution in [3.8, 4) is 0 Å². The van der Waals surface area contributed by atoms with Crippen LogP contribution in [-0.4, -0.2) is 69.7 Å². The van der Waals surface area contributed by atoms with E-state index in [4.69, 9.17) is 9.68 Å². The van der Waals surface area contributed by atoms with Gasteiger partial charge in [0.15, 0.2) is 0 Å². The van der Waals surface area contributed by atoms with Gasteiger partial charge in [-0.2, -0.15) is 10.1 Å². The van der Waals surface area contributed by atoms with Gasteiger partial charge in [0.05, 0.1) is 18.6 Å². The lowest BCUT2D eigenvalue weighted by Crippen LogP contribution is -2.59. The van der Waals surface area contributed by atoms with Gasteiger partial charge in [-0.1, -0.05) is 78.1 Å². The average Bonchev–Trinajstić information content (AvgIpc) is 2.95. The van der Waals surface area contributed by atoms with Crippen LogP contribution in [0, 0.1) is 17.3 Å². The fourth-order valence-electron chi connectivity index (χ4n) is 7.97. The molecule has 2 atom stereocenters. The van der Waals surface area contributed by atoms with E-state index < -0.39 is 17.4 Å². The lowest BCUT2D eigenvalue weighted by molar-refractivity contribution is -0.255. The van der Waals surface area contributed by atoms with E-state index in [0.717, 1.165) is 38.5 Å². The highest BCUT2D eigenvalue weighted by atomic mass is 16.7. The Morgan fingerprint density at radius 1 is 0.682 bits per heavy atom. The molecule has 0 spiro atoms. The molecule has 2 aliphatic rings. The van der Waals surface area contributed by atoms with Crippen molar-refractivity contribution < 1.29 is 29.5 Å². The van der Waals surface area contributed by atoms with Gasteiger partial charge in [0, 0.05) is 30.6 Å². The average molecular weight is 625 g/mol. The number of carbonyl (C=O) groups is 2. The van der Waals surface area contributed by atoms with Gasteiger partial charge in [-0.05, 0) is 90.9 Å². The number of nitrogens with zero attached hydrogens (tertiary/aromatic N) is 2. The third-order valence-corrected chi connectivity index (χ3v) is 10.5. The number of hydrogen-bond donors (Lipinski definition) is 2. The Morgan fingerprint density at radius 2 is 1.09 bits per heavy atom. The Bertz CT molecular complexity index is 783. The summed E-state index contributed by atoms with van der Waals surface area (Å²) >= 11 is 0. The molecule has 2 rings (SSSR count). The normalized spacial score (nSPS) is 23.8. The van der Waals surface area contributed by atoms with Gasteiger partial charge in [0.25, 0.3) is 0 Å². The number of unbranched alkanes of at least 4 members (excludes halogenated alkanes) is 10. The molecule has 2 heterocycles. The monoisotopic (exact) mass is 625 g/mol. The van der Waals surface area contributed by atoms with Crippen molar-refractivity contribution in [1.29, 1.82) is 0 Å². The highest BCUT2D eigenvalue weighted by Crippen LogP contribution is 2.54. The van der Waals surface area contributed by atoms with E-state index in [1.165, 1.54) is 64.2 Å². The Labute approximate surface area is 269 Å². The van der Waals surface area contributed by atoms with E-state index in [2.05, 4.69) is 51.7 Å². The predicted octanol–water partition coefficient (Wildman–Crippen LogP) is 8.88. The Kier molecular flexibility index (Phi) is 17.2. The van der Waals surface area contributed by atoms with Gasteiger partial charge >= 0.3 is 11.9 Å². The number of carboxylic acids is 2. The SMILES string of the molecule is CCCCCCCCON1CCC(C(CCCC(=O)O)(C(=O)O)C2CCN(OCCCCCCCC)C(C)(C)C2)CC1(C)C. The molecule has 2 aliphatic heterocycles. The van der Waals surface area contributed by atoms with Crippen LogP contribution in [0.1, 0.15) is 164 Å². The minimum Gasteiger partial charge on any atom is -0.481 e. The molecule has 0 amide bonds. The van der Waals surface area contributed by atoms with Crippen molar-refractivity contribution in [2.75, 3.05) is 26.3 Å². The lowest BCUT2D eigenvalue weighted by atomic mass is 9.55. The predicted molar refractivity (Wildman–Crippen MR) is 177 cm³/mol. The Morgan fingerprint density at radius 3 is 1.45 bits per heavy atom. The van der Waals surface area contributed by atoms with Crippen LogP contribution in [0.4, 0.5) is 0 Å². The van der Waals surface area contributed by atoms with Crippen LogP contribution in [0.15, 0.2) is 0 Å². The maximum Gasteiger partial charge on any atom is 0.310 e. The van der Waals surface area contributed by atoms with Crippen molar-refractivity contribution >= 4 is 11.9 Å². The highest BCUT2D eigenvalue weighted by Gasteiger charge is 2.56. The number of rotatable bonds is 23. The quantitative estimate of drug-likeness (QED) is 0.109. The highest BCUT2D eigenvalue weighted by molar-refractivity contribution is 5.76. The first kappa shape index (κ1) is 39.0. The smallest absolute Gasteiger partial charge is 0.310 e. The van der Waals surface area contributed by atoms with Crippen LogP contribution in [-0.2, 0) is 19.3 Å². The number of piperidine rings is 2. The molecule has 2 N–H and O–H groups in total. The summed E-state index contributed by atoms with van der Waals surface area (Å²) in [6, 6.07) is 0. The second kappa shape index (κ2) is 19.4. The van der Waals surface area contributed by atoms with Crippen LogP contribution < -0.4 is 0 Å². The van der Waals surface area contributed by atoms with Gasteiger partial charge in [0.2, 0.25) is 0 Å². The Hall–Kier alpha value is -1.22. The van der Waals surface area contributed by atoms with Gasteiger partial charge < -0.3 is 10.2 Å². The van der Waals surface area contributed by atoms with Crippen LogP contribution in [0.3, 0.4) is 0 Å². The Balaban J connectivity index is 2.10. The largest absolute Gasteiger partial charge is 0.481 e. The number of aliphatic carboxylic acids is 2. The summed E-state index contributed by atoms with van der Waals surface area (Å²) in [6.45, 7) is 16.0. The van der Waals surface area contributed by atoms with Crippen LogP contribution in [0.5, 0.6) is 0 Å². The van der Waals surface area contributed by atoms with E-state index >= 15 is 0 Å². The van der Waals surface area contributed by atoms with Gasteiger partial charge in [-0.25, -0.2) is 0 Å². The summed E-state index contributed by atoms with van der Waals surface area (Å²) in [5.41, 5.74) is -1.56. The fourth-order valence-corrected chi connectivity index (χ4v) is 7.97. The molecule has 2 saturated heterocycles. The first-order valence-corrected chi connectivity index (χ1v) is 18.2. The molecule has 0 aromatic carbocycles. The minimum atomic E-state index is -0.972. The van der Waals surface area contributed by atoms with E-state index in [9.17, 15) is 19.8 Å². The topological polar surface area (TPSA) is 99.5 Å². The molecule has 0 radical (unpaired) electrons. The zero-order valence-corrected chi connectivity index (χ0v) is 29.3. The second-order valence-electron chi connectivity index (χ2n) is 15.0. The zero-order chi connectivity index (χ0) is 32.6. The van der Waals surface area contributed by atoms with Crippen LogP contribution in [0.2, 0.25) is 0 Å². The molecule has 2 unspecified atom stereocenters. The molecule has 8 heteroatoms. The minimum absolute atomic E-state index is 0.00222. The van der Waals surface area contributed by atoms with E-state index in [0.29, 0.717) is 39.1 Å². The molecule has 0 aliphatic carbocycles. The molecule has 0 bridgehead atoms. The third kappa shape index (κ3) is 11.9. The zero-order valence-electron chi connectivity index (χ0n) is 29.3. The molecule has 44 heavy (non-hydrogen) atoms. The van der Waals surface area contributed by atoms with E-state index in [1.807, 2.05) is 0 Å². The lowest BCUT2D eigenvalue weighted by Gasteiger charge is -2.55. The molecule has 0 aromatic heterocycles. The van der Waals surface area contributed by atoms with Gasteiger partial charge in [-0.3, -0.25) is 19.3 Å². The molecule has 0 saturated carbocycles. The summed E-state index contributed by atoms with van der Waals surface area (Å²) in [6.07, 6.45) is 18.3. The first-order valence-electron chi connectivity index (χ1n) is 18.2. The van der Waals surface area contributed by atoms with Crippen molar-refractivity contribution in [3.63, 3.8) is 0 Å². The van der Waals surface area contributed by atoms with Crippen molar-refractivity contribution in [1.82, 2.24) is 10.1 Å². The molecule has 2 fully saturated rings. The first-order chi connectivity index (χ1) is 20.9. The summed E-state index contributed by atoms with van der Waals surface area (Å²) in [7, 11) is 0. The summed E-state index contributed by atoms with van der Waals surface area (Å²) < 4.78 is 0. The van der Waals surface area contributed by atoms with E-state index in [-0.39, 0.29) is 29.3 Å². The second-order valence-corrected chi connectivity index (χ2v) is 15.0. The number of carboxylic acid groups (broad SMARTS) is 2. The molecule has 0 aromatic rings. The van der Waals surface area contributed by atoms with Crippen molar-refractivity contribution in [2.24, 2.45) is 17.3 Å². The molecule has 8 nitrogen and oxygen atoms in total. The summed E-state index contributed by atoms with van der Waals surface area (Å²) in [5.74, 6) is -1.71. The van der Waals surface area contributed by atoms with Gasteiger partial charge in [-0.15, -0.1) is 0 Å². The maximum absolute atomic E-state index is 13.5. The standard InChI is InChI=1S/C36H68N2O6/c1-7-9-11-13-15-17-26-43-37-24-21-30(28-34(37,3)4)36(33(41)42,23-19-20-32(39)40)31-22-25-38(35(5,6)29-31)44-27-18-16-14-12-10-8-2/h30-31H,7-29H2,1-6H3,(H,39,40)(H,41,42). The third-order valence-electron chi connectivity index (χ3n) is 10.5. The molecule has 258 valence electrons. The molecular formula is C36H68N2O6. The maximum atomic E-state index is 13.5. The van der Waals surface area contributed by atoms with E-state index in [1.54, 1.807) is 0 Å². The van der Waals surface area contributed by atoms with Gasteiger partial charge in [0.1, 0.15) is 0 Å².